The molecule has 1 aromatic rings. The Labute approximate surface area is 75.6 Å². The monoisotopic (exact) mass is 286 g/mol. The van der Waals surface area contributed by atoms with Gasteiger partial charge in [-0.3, -0.25) is 0 Å². The van der Waals surface area contributed by atoms with Crippen molar-refractivity contribution in [3.8, 4) is 0 Å². The normalized spacial score (nSPS) is 8.25. The summed E-state index contributed by atoms with van der Waals surface area (Å²) in [7, 11) is 0. The van der Waals surface area contributed by atoms with Crippen LogP contribution in [0, 0.1) is 0 Å². The number of hydrogen-bond donors (Lipinski definition) is 0. The van der Waals surface area contributed by atoms with Crippen molar-refractivity contribution in [2.45, 2.75) is 0 Å². The summed E-state index contributed by atoms with van der Waals surface area (Å²) >= 11 is 8.51. The summed E-state index contributed by atoms with van der Waals surface area (Å²) in [5, 5.41) is 7.39. The standard InChI is InChI=1S/C3HBrClN2.Ag/c4-2-1-6-7-3(2)5;/h1H;/q-1;+1. The van der Waals surface area contributed by atoms with Crippen molar-refractivity contribution in [1.29, 1.82) is 0 Å². The van der Waals surface area contributed by atoms with E-state index in [2.05, 4.69) is 26.1 Å². The molecule has 0 aliphatic carbocycles. The van der Waals surface area contributed by atoms with E-state index in [-0.39, 0.29) is 22.4 Å². The molecule has 0 bridgehead atoms. The Morgan fingerprint density at radius 2 is 2.38 bits per heavy atom. The van der Waals surface area contributed by atoms with Crippen LogP contribution in [0.3, 0.4) is 0 Å². The maximum atomic E-state index is 5.40. The number of nitrogens with zero attached hydrogens (tertiary/aromatic N) is 2. The van der Waals surface area contributed by atoms with Crippen molar-refractivity contribution in [2.24, 2.45) is 0 Å². The quantitative estimate of drug-likeness (QED) is 0.676. The first-order valence-corrected chi connectivity index (χ1v) is 2.77. The van der Waals surface area contributed by atoms with Crippen molar-refractivity contribution >= 4 is 27.5 Å². The van der Waals surface area contributed by atoms with Gasteiger partial charge in [-0.05, 0) is 21.1 Å². The van der Waals surface area contributed by atoms with Crippen LogP contribution in [0.1, 0.15) is 0 Å². The smallest absolute Gasteiger partial charge is 0.565 e. The van der Waals surface area contributed by atoms with Crippen LogP contribution in [0.25, 0.3) is 0 Å². The van der Waals surface area contributed by atoms with Crippen LogP contribution in [0.4, 0.5) is 0 Å². The predicted molar refractivity (Wildman–Crippen MR) is 30.3 cm³/mol. The summed E-state index contributed by atoms with van der Waals surface area (Å²) in [6.45, 7) is 0. The zero-order valence-electron chi connectivity index (χ0n) is 3.53. The van der Waals surface area contributed by atoms with Crippen LogP contribution in [-0.4, -0.2) is 5.10 Å². The van der Waals surface area contributed by atoms with Gasteiger partial charge in [-0.15, -0.1) is 11.6 Å². The van der Waals surface area contributed by atoms with Crippen molar-refractivity contribution in [3.63, 3.8) is 0 Å². The van der Waals surface area contributed by atoms with Crippen LogP contribution in [0.2, 0.25) is 5.15 Å². The van der Waals surface area contributed by atoms with E-state index in [1.807, 2.05) is 0 Å². The molecule has 0 atom stereocenters. The van der Waals surface area contributed by atoms with Gasteiger partial charge in [0.2, 0.25) is 0 Å². The second-order valence-corrected chi connectivity index (χ2v) is 2.20. The molecule has 1 heterocycles. The molecule has 0 unspecified atom stereocenters. The SMILES string of the molecule is Clc1[n-]ncc1Br.[Ag+]. The van der Waals surface area contributed by atoms with Gasteiger partial charge in [0.05, 0.1) is 0 Å². The van der Waals surface area contributed by atoms with Gasteiger partial charge in [-0.25, -0.2) is 0 Å². The topological polar surface area (TPSA) is 27.0 Å². The van der Waals surface area contributed by atoms with E-state index in [4.69, 9.17) is 11.6 Å². The maximum Gasteiger partial charge on any atom is 1.00 e. The van der Waals surface area contributed by atoms with E-state index in [0.29, 0.717) is 5.15 Å². The van der Waals surface area contributed by atoms with E-state index < -0.39 is 0 Å². The third-order valence-electron chi connectivity index (χ3n) is 0.514. The molecule has 0 fully saturated rings. The van der Waals surface area contributed by atoms with Gasteiger partial charge < -0.3 is 10.2 Å². The number of hydrogen-bond acceptors (Lipinski definition) is 1. The Balaban J connectivity index is 0.000000490. The predicted octanol–water partition coefficient (Wildman–Crippen LogP) is 1.45. The molecule has 0 aliphatic rings. The Kier molecular flexibility index (Phi) is 4.02. The molecule has 1 rings (SSSR count). The Morgan fingerprint density at radius 3 is 2.50 bits per heavy atom. The van der Waals surface area contributed by atoms with E-state index in [1.54, 1.807) is 6.20 Å². The first-order valence-electron chi connectivity index (χ1n) is 1.60. The fraction of sp³-hybridized carbons (Fsp3) is 0. The summed E-state index contributed by atoms with van der Waals surface area (Å²) in [5.74, 6) is 0. The van der Waals surface area contributed by atoms with Crippen LogP contribution in [0.15, 0.2) is 10.7 Å². The first kappa shape index (κ1) is 8.72. The molecule has 5 heteroatoms. The summed E-state index contributed by atoms with van der Waals surface area (Å²) < 4.78 is 0.745. The van der Waals surface area contributed by atoms with Gasteiger partial charge in [0.15, 0.2) is 0 Å². The summed E-state index contributed by atoms with van der Waals surface area (Å²) in [4.78, 5) is 0. The Bertz CT molecular complexity index is 150. The van der Waals surface area contributed by atoms with Gasteiger partial charge in [-0.1, -0.05) is 0 Å². The second kappa shape index (κ2) is 3.69. The second-order valence-electron chi connectivity index (χ2n) is 0.983. The molecule has 0 aromatic carbocycles. The van der Waals surface area contributed by atoms with Gasteiger partial charge >= 0.3 is 22.4 Å². The molecule has 48 valence electrons. The van der Waals surface area contributed by atoms with E-state index >= 15 is 0 Å². The van der Waals surface area contributed by atoms with Crippen LogP contribution in [-0.2, 0) is 22.4 Å². The summed E-state index contributed by atoms with van der Waals surface area (Å²) in [6.07, 6.45) is 1.54. The van der Waals surface area contributed by atoms with Crippen LogP contribution >= 0.6 is 27.5 Å². The minimum absolute atomic E-state index is 0. The van der Waals surface area contributed by atoms with E-state index in [0.717, 1.165) is 4.47 Å². The van der Waals surface area contributed by atoms with Crippen LogP contribution in [0.5, 0.6) is 0 Å². The average Bonchev–Trinajstić information content (AvgIpc) is 1.91. The third kappa shape index (κ3) is 1.91. The molecule has 0 N–H and O–H groups in total. The van der Waals surface area contributed by atoms with E-state index in [1.165, 1.54) is 0 Å². The molecule has 0 aliphatic heterocycles. The fourth-order valence-electron chi connectivity index (χ4n) is 0.231. The van der Waals surface area contributed by atoms with Gasteiger partial charge in [-0.2, -0.15) is 0 Å². The molecular weight excluding hydrogens is 287 g/mol. The molecule has 8 heavy (non-hydrogen) atoms. The molecule has 1 aromatic heterocycles. The molecule has 0 radical (unpaired) electrons. The maximum absolute atomic E-state index is 5.40. The summed E-state index contributed by atoms with van der Waals surface area (Å²) in [6, 6.07) is 0. The molecule has 0 saturated carbocycles. The molecule has 0 saturated heterocycles. The molecular formula is C3HAgBrClN2. The zero-order valence-corrected chi connectivity index (χ0v) is 7.35. The number of halogens is 2. The van der Waals surface area contributed by atoms with Gasteiger partial charge in [0.1, 0.15) is 0 Å². The largest absolute Gasteiger partial charge is 1.00 e. The fourth-order valence-corrected chi connectivity index (χ4v) is 0.495. The van der Waals surface area contributed by atoms with Crippen molar-refractivity contribution < 1.29 is 22.4 Å². The number of rotatable bonds is 0. The van der Waals surface area contributed by atoms with Crippen molar-refractivity contribution in [2.75, 3.05) is 0 Å². The van der Waals surface area contributed by atoms with Gasteiger partial charge in [0.25, 0.3) is 0 Å². The van der Waals surface area contributed by atoms with Gasteiger partial charge in [0, 0.05) is 10.7 Å². The molecule has 0 spiro atoms. The Hall–Kier alpha value is 0.720. The average molecular weight is 288 g/mol. The van der Waals surface area contributed by atoms with E-state index in [9.17, 15) is 0 Å². The van der Waals surface area contributed by atoms with Crippen molar-refractivity contribution in [3.05, 3.63) is 15.8 Å². The van der Waals surface area contributed by atoms with Crippen molar-refractivity contribution in [1.82, 2.24) is 10.2 Å². The number of aromatic nitrogens is 2. The zero-order chi connectivity index (χ0) is 5.28. The van der Waals surface area contributed by atoms with Crippen LogP contribution < -0.4 is 5.10 Å². The summed E-state index contributed by atoms with van der Waals surface area (Å²) in [5.41, 5.74) is 0. The Morgan fingerprint density at radius 1 is 1.75 bits per heavy atom. The molecule has 0 amide bonds. The third-order valence-corrected chi connectivity index (χ3v) is 1.60. The first-order chi connectivity index (χ1) is 3.30. The minimum Gasteiger partial charge on any atom is -0.565 e. The minimum atomic E-state index is 0. The molecule has 2 nitrogen and oxygen atoms in total.